The van der Waals surface area contributed by atoms with Gasteiger partial charge in [0.25, 0.3) is 11.1 Å². The van der Waals surface area contributed by atoms with Crippen molar-refractivity contribution in [2.45, 2.75) is 33.4 Å². The SMILES string of the molecule is CCOc1nc2cccc(C(=O)O)c2n1Cc1ccc(-c2ccccc2-c2nnn(COC(=O)OCc3cccc(CO[N+](=O)[O-])c3)n2)cc1. The second-order valence-corrected chi connectivity index (χ2v) is 10.7. The Balaban J connectivity index is 1.12. The number of aromatic nitrogens is 6. The Kier molecular flexibility index (Phi) is 9.88. The maximum absolute atomic E-state index is 12.2. The molecule has 0 aliphatic rings. The summed E-state index contributed by atoms with van der Waals surface area (Å²) in [5, 5.41) is 31.9. The number of imidazole rings is 1. The molecule has 16 nitrogen and oxygen atoms in total. The molecule has 0 atom stereocenters. The van der Waals surface area contributed by atoms with Crippen molar-refractivity contribution in [1.82, 2.24) is 29.8 Å². The van der Waals surface area contributed by atoms with Gasteiger partial charge in [-0.05, 0) is 52.1 Å². The molecule has 0 saturated carbocycles. The topological polar surface area (TPSA) is 196 Å². The zero-order valence-corrected chi connectivity index (χ0v) is 26.5. The quantitative estimate of drug-likeness (QED) is 0.0859. The summed E-state index contributed by atoms with van der Waals surface area (Å²) in [4.78, 5) is 44.6. The first-order valence-electron chi connectivity index (χ1n) is 15.3. The molecule has 0 aliphatic heterocycles. The number of carbonyl (C=O) groups excluding carboxylic acids is 1. The smallest absolute Gasteiger partial charge is 0.478 e. The Hall–Kier alpha value is -6.84. The van der Waals surface area contributed by atoms with Gasteiger partial charge < -0.3 is 24.2 Å². The van der Waals surface area contributed by atoms with Crippen LogP contribution in [-0.4, -0.2) is 58.7 Å². The van der Waals surface area contributed by atoms with Crippen molar-refractivity contribution in [3.05, 3.63) is 123 Å². The first-order chi connectivity index (χ1) is 24.3. The molecule has 0 fully saturated rings. The van der Waals surface area contributed by atoms with E-state index in [-0.39, 0.29) is 25.5 Å². The van der Waals surface area contributed by atoms with Crippen LogP contribution in [-0.2, 0) is 40.8 Å². The molecule has 6 rings (SSSR count). The van der Waals surface area contributed by atoms with Crippen LogP contribution in [0, 0.1) is 10.1 Å². The van der Waals surface area contributed by atoms with Gasteiger partial charge in [0.1, 0.15) is 13.2 Å². The highest BCUT2D eigenvalue weighted by molar-refractivity contribution is 6.01. The van der Waals surface area contributed by atoms with E-state index in [1.807, 2.05) is 55.5 Å². The van der Waals surface area contributed by atoms with Gasteiger partial charge in [-0.2, -0.15) is 4.98 Å². The predicted octanol–water partition coefficient (Wildman–Crippen LogP) is 5.52. The lowest BCUT2D eigenvalue weighted by Crippen LogP contribution is -2.13. The van der Waals surface area contributed by atoms with Gasteiger partial charge in [-0.1, -0.05) is 78.9 Å². The third-order valence-corrected chi connectivity index (χ3v) is 7.44. The fraction of sp³-hybridized carbons (Fsp3) is 0.176. The molecule has 254 valence electrons. The van der Waals surface area contributed by atoms with Crippen LogP contribution in [0.1, 0.15) is 34.0 Å². The van der Waals surface area contributed by atoms with Crippen molar-refractivity contribution in [3.8, 4) is 28.5 Å². The summed E-state index contributed by atoms with van der Waals surface area (Å²) < 4.78 is 17.8. The summed E-state index contributed by atoms with van der Waals surface area (Å²) >= 11 is 0. The number of hydrogen-bond donors (Lipinski definition) is 1. The third kappa shape index (κ3) is 7.65. The molecule has 2 aromatic heterocycles. The van der Waals surface area contributed by atoms with Gasteiger partial charge in [-0.3, -0.25) is 4.57 Å². The summed E-state index contributed by atoms with van der Waals surface area (Å²) in [7, 11) is 0. The number of rotatable bonds is 14. The number of fused-ring (bicyclic) bond motifs is 1. The molecule has 0 unspecified atom stereocenters. The number of para-hydroxylation sites is 1. The molecular weight excluding hydrogens is 650 g/mol. The van der Waals surface area contributed by atoms with E-state index in [0.717, 1.165) is 21.5 Å². The zero-order valence-electron chi connectivity index (χ0n) is 26.5. The van der Waals surface area contributed by atoms with Crippen LogP contribution < -0.4 is 4.74 Å². The van der Waals surface area contributed by atoms with Gasteiger partial charge in [-0.25, -0.2) is 9.59 Å². The lowest BCUT2D eigenvalue weighted by molar-refractivity contribution is -0.763. The first-order valence-corrected chi connectivity index (χ1v) is 15.3. The molecule has 4 aromatic carbocycles. The van der Waals surface area contributed by atoms with E-state index in [0.29, 0.717) is 52.7 Å². The van der Waals surface area contributed by atoms with Crippen molar-refractivity contribution in [2.24, 2.45) is 0 Å². The van der Waals surface area contributed by atoms with Gasteiger partial charge in [0.15, 0.2) is 0 Å². The fourth-order valence-electron chi connectivity index (χ4n) is 5.26. The minimum absolute atomic E-state index is 0.122. The largest absolute Gasteiger partial charge is 0.510 e. The fourth-order valence-corrected chi connectivity index (χ4v) is 5.26. The van der Waals surface area contributed by atoms with E-state index < -0.39 is 17.2 Å². The van der Waals surface area contributed by atoms with Gasteiger partial charge in [0.2, 0.25) is 12.6 Å². The summed E-state index contributed by atoms with van der Waals surface area (Å²) in [5.74, 6) is -0.741. The van der Waals surface area contributed by atoms with Crippen LogP contribution in [0.25, 0.3) is 33.5 Å². The molecule has 0 aliphatic carbocycles. The summed E-state index contributed by atoms with van der Waals surface area (Å²) in [6, 6.07) is 27.2. The molecule has 6 aromatic rings. The highest BCUT2D eigenvalue weighted by Gasteiger charge is 2.19. The molecule has 0 radical (unpaired) electrons. The summed E-state index contributed by atoms with van der Waals surface area (Å²) in [6.45, 7) is 1.85. The van der Waals surface area contributed by atoms with E-state index >= 15 is 0 Å². The van der Waals surface area contributed by atoms with Crippen molar-refractivity contribution in [2.75, 3.05) is 6.61 Å². The van der Waals surface area contributed by atoms with Crippen molar-refractivity contribution >= 4 is 23.2 Å². The lowest BCUT2D eigenvalue weighted by atomic mass is 9.98. The second kappa shape index (κ2) is 14.9. The van der Waals surface area contributed by atoms with Crippen molar-refractivity contribution < 1.29 is 38.8 Å². The van der Waals surface area contributed by atoms with Gasteiger partial charge in [-0.15, -0.1) is 25.1 Å². The zero-order chi connectivity index (χ0) is 35.0. The number of carboxylic acid groups (broad SMARTS) is 1. The molecule has 0 bridgehead atoms. The normalized spacial score (nSPS) is 10.9. The van der Waals surface area contributed by atoms with E-state index in [9.17, 15) is 24.8 Å². The number of ether oxygens (including phenoxy) is 3. The number of tetrazole rings is 1. The van der Waals surface area contributed by atoms with Gasteiger partial charge >= 0.3 is 12.1 Å². The molecule has 0 amide bonds. The Labute approximate surface area is 283 Å². The maximum atomic E-state index is 12.2. The standard InChI is InChI=1S/C34H29N7O9/c1-2-47-33-35-29-12-6-11-28(32(42)43)30(29)39(33)18-22-13-15-25(16-14-22)26-9-3-4-10-27(26)31-36-38-40(37-31)21-49-34(44)48-19-23-7-5-8-24(17-23)20-50-41(45)46/h3-17H,2,18-21H2,1H3,(H,42,43). The number of carbonyl (C=O) groups is 2. The van der Waals surface area contributed by atoms with Crippen LogP contribution in [0.4, 0.5) is 4.79 Å². The first kappa shape index (κ1) is 33.1. The Morgan fingerprint density at radius 2 is 1.62 bits per heavy atom. The van der Waals surface area contributed by atoms with Crippen LogP contribution in [0.5, 0.6) is 6.01 Å². The van der Waals surface area contributed by atoms with Gasteiger partial charge in [0.05, 0.1) is 29.7 Å². The molecule has 16 heteroatoms. The second-order valence-electron chi connectivity index (χ2n) is 10.7. The Bertz CT molecular complexity index is 2160. The van der Waals surface area contributed by atoms with E-state index in [2.05, 4.69) is 25.2 Å². The number of nitrogens with zero attached hydrogens (tertiary/aromatic N) is 7. The van der Waals surface area contributed by atoms with E-state index in [1.165, 1.54) is 0 Å². The van der Waals surface area contributed by atoms with Crippen LogP contribution in [0.15, 0.2) is 91.0 Å². The molecule has 1 N–H and O–H groups in total. The van der Waals surface area contributed by atoms with E-state index in [4.69, 9.17) is 14.2 Å². The van der Waals surface area contributed by atoms with Crippen molar-refractivity contribution in [1.29, 1.82) is 0 Å². The van der Waals surface area contributed by atoms with Crippen LogP contribution in [0.3, 0.4) is 0 Å². The highest BCUT2D eigenvalue weighted by atomic mass is 16.9. The summed E-state index contributed by atoms with van der Waals surface area (Å²) in [5.41, 5.74) is 5.60. The molecule has 2 heterocycles. The third-order valence-electron chi connectivity index (χ3n) is 7.44. The number of aromatic carboxylic acids is 1. The number of carboxylic acids is 1. The monoisotopic (exact) mass is 679 g/mol. The van der Waals surface area contributed by atoms with Crippen LogP contribution in [0.2, 0.25) is 0 Å². The van der Waals surface area contributed by atoms with E-state index in [1.54, 1.807) is 47.0 Å². The Morgan fingerprint density at radius 3 is 2.36 bits per heavy atom. The Morgan fingerprint density at radius 1 is 0.880 bits per heavy atom. The number of benzene rings is 4. The molecule has 0 spiro atoms. The average Bonchev–Trinajstić information content (AvgIpc) is 3.74. The minimum Gasteiger partial charge on any atom is -0.478 e. The van der Waals surface area contributed by atoms with Crippen LogP contribution >= 0.6 is 0 Å². The summed E-state index contributed by atoms with van der Waals surface area (Å²) in [6.07, 6.45) is -0.965. The molecular formula is C34H29N7O9. The minimum atomic E-state index is -1.05. The lowest BCUT2D eigenvalue weighted by Gasteiger charge is -2.12. The van der Waals surface area contributed by atoms with Gasteiger partial charge in [0, 0.05) is 5.56 Å². The average molecular weight is 680 g/mol. The van der Waals surface area contributed by atoms with Crippen molar-refractivity contribution in [3.63, 3.8) is 0 Å². The molecule has 50 heavy (non-hydrogen) atoms. The highest BCUT2D eigenvalue weighted by Crippen LogP contribution is 2.31. The molecule has 0 saturated heterocycles. The predicted molar refractivity (Wildman–Crippen MR) is 175 cm³/mol. The maximum Gasteiger partial charge on any atom is 0.510 e. The number of hydrogen-bond acceptors (Lipinski definition) is 12.